The highest BCUT2D eigenvalue weighted by molar-refractivity contribution is 5.98. The maximum Gasteiger partial charge on any atom is 0.269 e. The standard InChI is InChI=1S/C19H23N3O2/c1-13(2)11-21-19(24)17-10-16(7-8-20-17)18(23)22-12-15-6-4-5-14(3)9-15/h4-10,13H,11-12H2,1-3H3,(H,21,24)(H,22,23). The summed E-state index contributed by atoms with van der Waals surface area (Å²) in [7, 11) is 0. The number of carbonyl (C=O) groups excluding carboxylic acids is 2. The maximum absolute atomic E-state index is 12.3. The molecule has 0 radical (unpaired) electrons. The summed E-state index contributed by atoms with van der Waals surface area (Å²) in [5, 5.41) is 5.66. The second-order valence-corrected chi connectivity index (χ2v) is 6.21. The van der Waals surface area contributed by atoms with E-state index in [4.69, 9.17) is 0 Å². The molecule has 0 aliphatic rings. The normalized spacial score (nSPS) is 10.5. The number of nitrogens with one attached hydrogen (secondary N) is 2. The van der Waals surface area contributed by atoms with Crippen molar-refractivity contribution in [3.63, 3.8) is 0 Å². The summed E-state index contributed by atoms with van der Waals surface area (Å²) in [6.45, 7) is 7.06. The first-order valence-corrected chi connectivity index (χ1v) is 8.03. The Kier molecular flexibility index (Phi) is 6.07. The predicted molar refractivity (Wildman–Crippen MR) is 93.8 cm³/mol. The lowest BCUT2D eigenvalue weighted by Gasteiger charge is -2.09. The van der Waals surface area contributed by atoms with E-state index in [0.29, 0.717) is 24.6 Å². The van der Waals surface area contributed by atoms with E-state index in [9.17, 15) is 9.59 Å². The Morgan fingerprint density at radius 3 is 2.58 bits per heavy atom. The number of nitrogens with zero attached hydrogens (tertiary/aromatic N) is 1. The third-order valence-corrected chi connectivity index (χ3v) is 3.46. The molecule has 0 atom stereocenters. The van der Waals surface area contributed by atoms with Gasteiger partial charge in [-0.1, -0.05) is 43.7 Å². The van der Waals surface area contributed by atoms with E-state index in [1.54, 1.807) is 6.07 Å². The van der Waals surface area contributed by atoms with E-state index >= 15 is 0 Å². The molecule has 1 heterocycles. The number of pyridine rings is 1. The van der Waals surface area contributed by atoms with Crippen molar-refractivity contribution < 1.29 is 9.59 Å². The molecule has 5 nitrogen and oxygen atoms in total. The molecule has 24 heavy (non-hydrogen) atoms. The number of rotatable bonds is 6. The Balaban J connectivity index is 1.99. The average Bonchev–Trinajstić information content (AvgIpc) is 2.57. The topological polar surface area (TPSA) is 71.1 Å². The summed E-state index contributed by atoms with van der Waals surface area (Å²) in [5.74, 6) is -0.136. The first-order chi connectivity index (χ1) is 11.5. The Bertz CT molecular complexity index is 726. The summed E-state index contributed by atoms with van der Waals surface area (Å²) < 4.78 is 0. The lowest BCUT2D eigenvalue weighted by molar-refractivity contribution is 0.0944. The van der Waals surface area contributed by atoms with Crippen molar-refractivity contribution in [1.82, 2.24) is 15.6 Å². The largest absolute Gasteiger partial charge is 0.350 e. The minimum absolute atomic E-state index is 0.225. The van der Waals surface area contributed by atoms with Crippen LogP contribution in [0.4, 0.5) is 0 Å². The second-order valence-electron chi connectivity index (χ2n) is 6.21. The zero-order valence-electron chi connectivity index (χ0n) is 14.3. The third-order valence-electron chi connectivity index (χ3n) is 3.46. The fraction of sp³-hybridized carbons (Fsp3) is 0.316. The van der Waals surface area contributed by atoms with Crippen LogP contribution in [0.5, 0.6) is 0 Å². The van der Waals surface area contributed by atoms with Crippen LogP contribution < -0.4 is 10.6 Å². The van der Waals surface area contributed by atoms with Gasteiger partial charge < -0.3 is 10.6 Å². The van der Waals surface area contributed by atoms with Gasteiger partial charge in [0.15, 0.2) is 0 Å². The minimum atomic E-state index is -0.267. The molecule has 5 heteroatoms. The molecule has 126 valence electrons. The molecule has 0 fully saturated rings. The van der Waals surface area contributed by atoms with Gasteiger partial charge in [-0.05, 0) is 30.5 Å². The van der Waals surface area contributed by atoms with Gasteiger partial charge in [-0.3, -0.25) is 14.6 Å². The first-order valence-electron chi connectivity index (χ1n) is 8.03. The Labute approximate surface area is 142 Å². The van der Waals surface area contributed by atoms with Crippen LogP contribution in [-0.2, 0) is 6.54 Å². The van der Waals surface area contributed by atoms with E-state index in [-0.39, 0.29) is 17.5 Å². The van der Waals surface area contributed by atoms with Gasteiger partial charge in [0.05, 0.1) is 0 Å². The fourth-order valence-corrected chi connectivity index (χ4v) is 2.19. The Morgan fingerprint density at radius 1 is 1.08 bits per heavy atom. The maximum atomic E-state index is 12.3. The van der Waals surface area contributed by atoms with Gasteiger partial charge in [0, 0.05) is 24.8 Å². The zero-order chi connectivity index (χ0) is 17.5. The van der Waals surface area contributed by atoms with Crippen LogP contribution in [0.15, 0.2) is 42.6 Å². The van der Waals surface area contributed by atoms with Crippen LogP contribution in [0.3, 0.4) is 0 Å². The first kappa shape index (κ1) is 17.7. The molecule has 1 aromatic carbocycles. The molecule has 2 rings (SSSR count). The summed E-state index contributed by atoms with van der Waals surface area (Å²) in [6.07, 6.45) is 1.48. The number of aryl methyl sites for hydroxylation is 1. The molecule has 0 unspecified atom stereocenters. The van der Waals surface area contributed by atoms with Crippen molar-refractivity contribution in [3.05, 3.63) is 65.0 Å². The minimum Gasteiger partial charge on any atom is -0.350 e. The monoisotopic (exact) mass is 325 g/mol. The van der Waals surface area contributed by atoms with E-state index in [1.807, 2.05) is 45.0 Å². The summed E-state index contributed by atoms with van der Waals surface area (Å²) >= 11 is 0. The smallest absolute Gasteiger partial charge is 0.269 e. The summed E-state index contributed by atoms with van der Waals surface area (Å²) in [5.41, 5.74) is 2.85. The van der Waals surface area contributed by atoms with Crippen molar-refractivity contribution in [1.29, 1.82) is 0 Å². The number of hydrogen-bond donors (Lipinski definition) is 2. The molecular weight excluding hydrogens is 302 g/mol. The molecule has 0 spiro atoms. The molecule has 1 aromatic heterocycles. The number of amides is 2. The molecule has 2 N–H and O–H groups in total. The quantitative estimate of drug-likeness (QED) is 0.858. The van der Waals surface area contributed by atoms with E-state index in [2.05, 4.69) is 15.6 Å². The Morgan fingerprint density at radius 2 is 1.88 bits per heavy atom. The highest BCUT2D eigenvalue weighted by Gasteiger charge is 2.12. The van der Waals surface area contributed by atoms with Crippen LogP contribution in [-0.4, -0.2) is 23.3 Å². The van der Waals surface area contributed by atoms with Crippen LogP contribution >= 0.6 is 0 Å². The lowest BCUT2D eigenvalue weighted by Crippen LogP contribution is -2.29. The molecule has 0 aliphatic carbocycles. The van der Waals surface area contributed by atoms with Crippen molar-refractivity contribution in [2.24, 2.45) is 5.92 Å². The number of benzene rings is 1. The highest BCUT2D eigenvalue weighted by atomic mass is 16.2. The molecule has 2 amide bonds. The van der Waals surface area contributed by atoms with Crippen molar-refractivity contribution >= 4 is 11.8 Å². The Hall–Kier alpha value is -2.69. The SMILES string of the molecule is Cc1cccc(CNC(=O)c2ccnc(C(=O)NCC(C)C)c2)c1. The van der Waals surface area contributed by atoms with Gasteiger partial charge in [-0.2, -0.15) is 0 Å². The average molecular weight is 325 g/mol. The number of carbonyl (C=O) groups is 2. The zero-order valence-corrected chi connectivity index (χ0v) is 14.3. The summed E-state index contributed by atoms with van der Waals surface area (Å²) in [6, 6.07) is 11.1. The molecule has 0 bridgehead atoms. The van der Waals surface area contributed by atoms with Crippen molar-refractivity contribution in [3.8, 4) is 0 Å². The molecular formula is C19H23N3O2. The van der Waals surface area contributed by atoms with Crippen molar-refractivity contribution in [2.75, 3.05) is 6.54 Å². The summed E-state index contributed by atoms with van der Waals surface area (Å²) in [4.78, 5) is 28.3. The third kappa shape index (κ3) is 5.19. The van der Waals surface area contributed by atoms with Gasteiger partial charge in [0.25, 0.3) is 11.8 Å². The number of aromatic nitrogens is 1. The van der Waals surface area contributed by atoms with Gasteiger partial charge in [-0.15, -0.1) is 0 Å². The highest BCUT2D eigenvalue weighted by Crippen LogP contribution is 2.06. The van der Waals surface area contributed by atoms with E-state index in [1.165, 1.54) is 12.3 Å². The van der Waals surface area contributed by atoms with Gasteiger partial charge in [0.1, 0.15) is 5.69 Å². The second kappa shape index (κ2) is 8.24. The molecule has 0 saturated heterocycles. The molecule has 2 aromatic rings. The van der Waals surface area contributed by atoms with Crippen LogP contribution in [0.2, 0.25) is 0 Å². The van der Waals surface area contributed by atoms with E-state index < -0.39 is 0 Å². The predicted octanol–water partition coefficient (Wildman–Crippen LogP) is 2.71. The van der Waals surface area contributed by atoms with Crippen LogP contribution in [0, 0.1) is 12.8 Å². The molecule has 0 aliphatic heterocycles. The molecule has 0 saturated carbocycles. The van der Waals surface area contributed by atoms with Gasteiger partial charge in [-0.25, -0.2) is 0 Å². The lowest BCUT2D eigenvalue weighted by atomic mass is 10.1. The number of hydrogen-bond acceptors (Lipinski definition) is 3. The van der Waals surface area contributed by atoms with E-state index in [0.717, 1.165) is 11.1 Å². The van der Waals surface area contributed by atoms with Gasteiger partial charge in [0.2, 0.25) is 0 Å². The fourth-order valence-electron chi connectivity index (χ4n) is 2.19. The van der Waals surface area contributed by atoms with Crippen LogP contribution in [0.25, 0.3) is 0 Å². The van der Waals surface area contributed by atoms with Crippen LogP contribution in [0.1, 0.15) is 45.8 Å². The van der Waals surface area contributed by atoms with Crippen molar-refractivity contribution in [2.45, 2.75) is 27.3 Å². The van der Waals surface area contributed by atoms with Gasteiger partial charge >= 0.3 is 0 Å².